The molecule has 0 unspecified atom stereocenters. The summed E-state index contributed by atoms with van der Waals surface area (Å²) in [6.07, 6.45) is 0. The van der Waals surface area contributed by atoms with Gasteiger partial charge < -0.3 is 4.74 Å². The highest BCUT2D eigenvalue weighted by Gasteiger charge is 2.23. The molecule has 0 fully saturated rings. The molecule has 0 atom stereocenters. The molecule has 0 amide bonds. The van der Waals surface area contributed by atoms with E-state index in [4.69, 9.17) is 10.00 Å². The van der Waals surface area contributed by atoms with Gasteiger partial charge in [-0.05, 0) is 45.4 Å². The molecule has 0 saturated heterocycles. The summed E-state index contributed by atoms with van der Waals surface area (Å²) in [4.78, 5) is 12.0. The molecule has 1 aromatic carbocycles. The molecule has 0 aliphatic rings. The SMILES string of the molecule is COC(=O)c1c(C)c(-c2ccc(C#N)c(C)c2)nn1C(C)C. The Bertz CT molecular complexity index is 767. The Kier molecular flexibility index (Phi) is 4.32. The lowest BCUT2D eigenvalue weighted by molar-refractivity contribution is 0.0583. The van der Waals surface area contributed by atoms with Crippen LogP contribution in [0, 0.1) is 25.2 Å². The zero-order valence-corrected chi connectivity index (χ0v) is 13.5. The molecule has 0 aliphatic carbocycles. The van der Waals surface area contributed by atoms with Crippen LogP contribution in [-0.2, 0) is 4.74 Å². The fourth-order valence-electron chi connectivity index (χ4n) is 2.44. The van der Waals surface area contributed by atoms with E-state index >= 15 is 0 Å². The van der Waals surface area contributed by atoms with Gasteiger partial charge in [0.1, 0.15) is 5.69 Å². The lowest BCUT2D eigenvalue weighted by atomic mass is 10.0. The smallest absolute Gasteiger partial charge is 0.356 e. The van der Waals surface area contributed by atoms with Gasteiger partial charge in [-0.25, -0.2) is 4.79 Å². The van der Waals surface area contributed by atoms with Crippen molar-refractivity contribution < 1.29 is 9.53 Å². The summed E-state index contributed by atoms with van der Waals surface area (Å²) in [6, 6.07) is 7.74. The van der Waals surface area contributed by atoms with E-state index in [1.54, 1.807) is 10.7 Å². The van der Waals surface area contributed by atoms with E-state index in [1.165, 1.54) is 7.11 Å². The fourth-order valence-corrected chi connectivity index (χ4v) is 2.44. The summed E-state index contributed by atoms with van der Waals surface area (Å²) >= 11 is 0. The molecule has 0 aliphatic heterocycles. The largest absolute Gasteiger partial charge is 0.464 e. The maximum atomic E-state index is 12.0. The molecule has 5 heteroatoms. The highest BCUT2D eigenvalue weighted by molar-refractivity contribution is 5.91. The predicted octanol–water partition coefficient (Wildman–Crippen LogP) is 3.41. The van der Waals surface area contributed by atoms with Crippen LogP contribution >= 0.6 is 0 Å². The van der Waals surface area contributed by atoms with Crippen molar-refractivity contribution in [1.82, 2.24) is 9.78 Å². The van der Waals surface area contributed by atoms with Crippen molar-refractivity contribution in [3.05, 3.63) is 40.6 Å². The molecule has 22 heavy (non-hydrogen) atoms. The van der Waals surface area contributed by atoms with Gasteiger partial charge in [0.2, 0.25) is 0 Å². The van der Waals surface area contributed by atoms with E-state index in [2.05, 4.69) is 11.2 Å². The molecular weight excluding hydrogens is 278 g/mol. The van der Waals surface area contributed by atoms with Crippen molar-refractivity contribution in [2.24, 2.45) is 0 Å². The molecule has 2 aromatic rings. The second kappa shape index (κ2) is 6.02. The number of hydrogen-bond donors (Lipinski definition) is 0. The minimum absolute atomic E-state index is 0.0426. The van der Waals surface area contributed by atoms with Gasteiger partial charge in [-0.2, -0.15) is 10.4 Å². The minimum Gasteiger partial charge on any atom is -0.464 e. The van der Waals surface area contributed by atoms with Crippen LogP contribution in [0.4, 0.5) is 0 Å². The summed E-state index contributed by atoms with van der Waals surface area (Å²) in [6.45, 7) is 7.68. The van der Waals surface area contributed by atoms with E-state index in [9.17, 15) is 4.79 Å². The lowest BCUT2D eigenvalue weighted by Gasteiger charge is -2.09. The molecule has 0 spiro atoms. The Morgan fingerprint density at radius 1 is 1.36 bits per heavy atom. The number of nitrogens with zero attached hydrogens (tertiary/aromatic N) is 3. The Balaban J connectivity index is 2.65. The number of nitriles is 1. The highest BCUT2D eigenvalue weighted by atomic mass is 16.5. The van der Waals surface area contributed by atoms with Gasteiger partial charge in [-0.1, -0.05) is 6.07 Å². The highest BCUT2D eigenvalue weighted by Crippen LogP contribution is 2.28. The van der Waals surface area contributed by atoms with Gasteiger partial charge in [-0.15, -0.1) is 0 Å². The molecule has 0 bridgehead atoms. The molecule has 1 aromatic heterocycles. The zero-order chi connectivity index (χ0) is 16.4. The first-order chi connectivity index (χ1) is 10.4. The van der Waals surface area contributed by atoms with E-state index in [0.717, 1.165) is 22.4 Å². The van der Waals surface area contributed by atoms with Crippen molar-refractivity contribution in [3.8, 4) is 17.3 Å². The Hall–Kier alpha value is -2.61. The number of aromatic nitrogens is 2. The number of methoxy groups -OCH3 is 1. The number of aryl methyl sites for hydroxylation is 1. The van der Waals surface area contributed by atoms with Gasteiger partial charge >= 0.3 is 5.97 Å². The predicted molar refractivity (Wildman–Crippen MR) is 83.6 cm³/mol. The van der Waals surface area contributed by atoms with Crippen LogP contribution in [0.2, 0.25) is 0 Å². The monoisotopic (exact) mass is 297 g/mol. The number of esters is 1. The summed E-state index contributed by atoms with van der Waals surface area (Å²) < 4.78 is 6.56. The zero-order valence-electron chi connectivity index (χ0n) is 13.5. The number of hydrogen-bond acceptors (Lipinski definition) is 4. The van der Waals surface area contributed by atoms with Gasteiger partial charge in [-0.3, -0.25) is 4.68 Å². The Morgan fingerprint density at radius 2 is 2.05 bits per heavy atom. The topological polar surface area (TPSA) is 67.9 Å². The van der Waals surface area contributed by atoms with Crippen molar-refractivity contribution >= 4 is 5.97 Å². The van der Waals surface area contributed by atoms with E-state index in [0.29, 0.717) is 11.3 Å². The number of ether oxygens (including phenoxy) is 1. The summed E-state index contributed by atoms with van der Waals surface area (Å²) in [5.74, 6) is -0.393. The molecular formula is C17H19N3O2. The average Bonchev–Trinajstić information content (AvgIpc) is 2.84. The number of carbonyl (C=O) groups excluding carboxylic acids is 1. The van der Waals surface area contributed by atoms with Crippen LogP contribution in [-0.4, -0.2) is 22.9 Å². The summed E-state index contributed by atoms with van der Waals surface area (Å²) in [7, 11) is 1.37. The third-order valence-electron chi connectivity index (χ3n) is 3.64. The van der Waals surface area contributed by atoms with Gasteiger partial charge in [0.15, 0.2) is 0 Å². The minimum atomic E-state index is -0.393. The van der Waals surface area contributed by atoms with Crippen molar-refractivity contribution in [1.29, 1.82) is 5.26 Å². The summed E-state index contributed by atoms with van der Waals surface area (Å²) in [5, 5.41) is 13.6. The van der Waals surface area contributed by atoms with Crippen LogP contribution in [0.25, 0.3) is 11.3 Å². The van der Waals surface area contributed by atoms with Crippen LogP contribution in [0.3, 0.4) is 0 Å². The standard InChI is InChI=1S/C17H19N3O2/c1-10(2)20-16(17(21)22-5)12(4)15(19-20)13-6-7-14(9-18)11(3)8-13/h6-8,10H,1-5H3. The van der Waals surface area contributed by atoms with E-state index in [-0.39, 0.29) is 6.04 Å². The van der Waals surface area contributed by atoms with Crippen LogP contribution in [0.1, 0.15) is 47.1 Å². The first-order valence-electron chi connectivity index (χ1n) is 7.09. The van der Waals surface area contributed by atoms with Gasteiger partial charge in [0.25, 0.3) is 0 Å². The van der Waals surface area contributed by atoms with Crippen molar-refractivity contribution in [2.75, 3.05) is 7.11 Å². The first-order valence-corrected chi connectivity index (χ1v) is 7.09. The second-order valence-electron chi connectivity index (χ2n) is 5.49. The Morgan fingerprint density at radius 3 is 2.55 bits per heavy atom. The third-order valence-corrected chi connectivity index (χ3v) is 3.64. The molecule has 5 nitrogen and oxygen atoms in total. The normalized spacial score (nSPS) is 10.6. The molecule has 0 radical (unpaired) electrons. The average molecular weight is 297 g/mol. The van der Waals surface area contributed by atoms with Crippen LogP contribution in [0.5, 0.6) is 0 Å². The van der Waals surface area contributed by atoms with Gasteiger partial charge in [0, 0.05) is 17.2 Å². The van der Waals surface area contributed by atoms with E-state index in [1.807, 2.05) is 39.8 Å². The van der Waals surface area contributed by atoms with Crippen molar-refractivity contribution in [2.45, 2.75) is 33.7 Å². The molecule has 114 valence electrons. The van der Waals surface area contributed by atoms with Crippen LogP contribution in [0.15, 0.2) is 18.2 Å². The van der Waals surface area contributed by atoms with E-state index < -0.39 is 5.97 Å². The number of rotatable bonds is 3. The second-order valence-corrected chi connectivity index (χ2v) is 5.49. The fraction of sp³-hybridized carbons (Fsp3) is 0.353. The third kappa shape index (κ3) is 2.60. The number of benzene rings is 1. The Labute approximate surface area is 130 Å². The quantitative estimate of drug-likeness (QED) is 0.814. The molecule has 2 rings (SSSR count). The lowest BCUT2D eigenvalue weighted by Crippen LogP contribution is -2.14. The molecule has 1 heterocycles. The van der Waals surface area contributed by atoms with Crippen LogP contribution < -0.4 is 0 Å². The summed E-state index contributed by atoms with van der Waals surface area (Å²) in [5.41, 5.74) is 4.40. The van der Waals surface area contributed by atoms with Crippen molar-refractivity contribution in [3.63, 3.8) is 0 Å². The van der Waals surface area contributed by atoms with Gasteiger partial charge in [0.05, 0.1) is 24.4 Å². The molecule has 0 saturated carbocycles. The first kappa shape index (κ1) is 15.8. The maximum Gasteiger partial charge on any atom is 0.356 e. The maximum absolute atomic E-state index is 12.0. The number of carbonyl (C=O) groups is 1. The molecule has 0 N–H and O–H groups in total.